The number of aromatic nitrogens is 2. The Hall–Kier alpha value is -1.73. The molecule has 0 aliphatic heterocycles. The second-order valence-corrected chi connectivity index (χ2v) is 5.03. The first kappa shape index (κ1) is 13.7. The Kier molecular flexibility index (Phi) is 3.96. The highest BCUT2D eigenvalue weighted by Gasteiger charge is 2.21. The number of halogens is 2. The molecule has 1 aromatic carbocycles. The topological polar surface area (TPSA) is 81.0 Å². The minimum absolute atomic E-state index is 0.0579. The van der Waals surface area contributed by atoms with Gasteiger partial charge in [-0.05, 0) is 30.7 Å². The Morgan fingerprint density at radius 1 is 1.37 bits per heavy atom. The van der Waals surface area contributed by atoms with Crippen molar-refractivity contribution in [2.24, 2.45) is 0 Å². The van der Waals surface area contributed by atoms with E-state index in [1.54, 1.807) is 6.07 Å². The van der Waals surface area contributed by atoms with Gasteiger partial charge in [0.2, 0.25) is 11.0 Å². The molecule has 19 heavy (non-hydrogen) atoms. The number of aryl methyl sites for hydroxylation is 1. The summed E-state index contributed by atoms with van der Waals surface area (Å²) in [6, 6.07) is 5.55. The number of nitrogens with one attached hydrogen (secondary N) is 1. The molecule has 1 N–H and O–H groups in total. The van der Waals surface area contributed by atoms with E-state index in [4.69, 9.17) is 11.6 Å². The van der Waals surface area contributed by atoms with Gasteiger partial charge in [-0.3, -0.25) is 10.1 Å². The van der Waals surface area contributed by atoms with E-state index in [-0.39, 0.29) is 16.7 Å². The number of benzene rings is 1. The zero-order valence-electron chi connectivity index (χ0n) is 9.72. The fourth-order valence-electron chi connectivity index (χ4n) is 1.56. The van der Waals surface area contributed by atoms with Gasteiger partial charge in [-0.25, -0.2) is 9.97 Å². The van der Waals surface area contributed by atoms with Gasteiger partial charge in [0.25, 0.3) is 0 Å². The maximum absolute atomic E-state index is 11.0. The molecular formula is C11H8BrClN4O2. The number of hydrogen-bond acceptors (Lipinski definition) is 5. The predicted molar refractivity (Wildman–Crippen MR) is 75.9 cm³/mol. The van der Waals surface area contributed by atoms with Crippen molar-refractivity contribution in [2.75, 3.05) is 5.32 Å². The van der Waals surface area contributed by atoms with Gasteiger partial charge in [-0.2, -0.15) is 0 Å². The van der Waals surface area contributed by atoms with Crippen LogP contribution in [0.3, 0.4) is 0 Å². The van der Waals surface area contributed by atoms with E-state index in [9.17, 15) is 10.1 Å². The van der Waals surface area contributed by atoms with Crippen molar-refractivity contribution in [3.8, 4) is 0 Å². The molecule has 0 aliphatic rings. The van der Waals surface area contributed by atoms with Crippen LogP contribution < -0.4 is 5.32 Å². The number of rotatable bonds is 3. The van der Waals surface area contributed by atoms with Gasteiger partial charge in [0.1, 0.15) is 6.33 Å². The summed E-state index contributed by atoms with van der Waals surface area (Å²) in [5.74, 6) is 0.0579. The van der Waals surface area contributed by atoms with Crippen molar-refractivity contribution in [1.29, 1.82) is 0 Å². The molecule has 0 aliphatic carbocycles. The van der Waals surface area contributed by atoms with Crippen molar-refractivity contribution < 1.29 is 4.92 Å². The predicted octanol–water partition coefficient (Wildman–Crippen LogP) is 3.85. The van der Waals surface area contributed by atoms with Gasteiger partial charge in [0, 0.05) is 10.2 Å². The molecule has 2 rings (SSSR count). The summed E-state index contributed by atoms with van der Waals surface area (Å²) in [6.45, 7) is 1.91. The molecule has 2 aromatic rings. The largest absolute Gasteiger partial charge is 0.348 e. The average molecular weight is 344 g/mol. The van der Waals surface area contributed by atoms with E-state index >= 15 is 0 Å². The third kappa shape index (κ3) is 3.18. The van der Waals surface area contributed by atoms with E-state index in [0.29, 0.717) is 5.69 Å². The van der Waals surface area contributed by atoms with Crippen LogP contribution in [0, 0.1) is 17.0 Å². The molecule has 0 saturated heterocycles. The van der Waals surface area contributed by atoms with Crippen LogP contribution in [0.15, 0.2) is 29.0 Å². The Labute approximate surface area is 122 Å². The first-order valence-corrected chi connectivity index (χ1v) is 6.33. The Morgan fingerprint density at radius 2 is 2.11 bits per heavy atom. The molecular weight excluding hydrogens is 336 g/mol. The maximum atomic E-state index is 11.0. The number of nitro groups is 1. The molecule has 0 atom stereocenters. The highest BCUT2D eigenvalue weighted by atomic mass is 79.9. The normalized spacial score (nSPS) is 10.3. The van der Waals surface area contributed by atoms with Crippen molar-refractivity contribution in [2.45, 2.75) is 6.92 Å². The summed E-state index contributed by atoms with van der Waals surface area (Å²) < 4.78 is 0.859. The Balaban J connectivity index is 2.43. The summed E-state index contributed by atoms with van der Waals surface area (Å²) in [6.07, 6.45) is 1.17. The van der Waals surface area contributed by atoms with Gasteiger partial charge in [-0.15, -0.1) is 0 Å². The molecule has 98 valence electrons. The van der Waals surface area contributed by atoms with E-state index in [2.05, 4.69) is 31.2 Å². The minimum atomic E-state index is -0.616. The van der Waals surface area contributed by atoms with Crippen LogP contribution in [-0.4, -0.2) is 14.9 Å². The third-order valence-electron chi connectivity index (χ3n) is 2.27. The smallest absolute Gasteiger partial charge is 0.334 e. The van der Waals surface area contributed by atoms with Crippen LogP contribution in [-0.2, 0) is 0 Å². The van der Waals surface area contributed by atoms with E-state index in [1.807, 2.05) is 19.1 Å². The van der Waals surface area contributed by atoms with Gasteiger partial charge in [0.15, 0.2) is 0 Å². The lowest BCUT2D eigenvalue weighted by Crippen LogP contribution is -2.01. The summed E-state index contributed by atoms with van der Waals surface area (Å²) in [4.78, 5) is 17.8. The van der Waals surface area contributed by atoms with Gasteiger partial charge in [-0.1, -0.05) is 27.5 Å². The minimum Gasteiger partial charge on any atom is -0.334 e. The standard InChI is InChI=1S/C11H8BrClN4O2/c1-6-2-7(12)4-8(3-6)16-11-9(17(18)19)10(13)14-5-15-11/h2-5H,1H3,(H,14,15,16). The molecule has 1 aromatic heterocycles. The second kappa shape index (κ2) is 5.50. The summed E-state index contributed by atoms with van der Waals surface area (Å²) in [7, 11) is 0. The molecule has 0 radical (unpaired) electrons. The fraction of sp³-hybridized carbons (Fsp3) is 0.0909. The van der Waals surface area contributed by atoms with Crippen LogP contribution in [0.5, 0.6) is 0 Å². The number of hydrogen-bond donors (Lipinski definition) is 1. The van der Waals surface area contributed by atoms with Crippen LogP contribution in [0.4, 0.5) is 17.2 Å². The quantitative estimate of drug-likeness (QED) is 0.520. The lowest BCUT2D eigenvalue weighted by Gasteiger charge is -2.07. The van der Waals surface area contributed by atoms with Crippen LogP contribution >= 0.6 is 27.5 Å². The van der Waals surface area contributed by atoms with E-state index in [1.165, 1.54) is 6.33 Å². The van der Waals surface area contributed by atoms with Gasteiger partial charge in [0.05, 0.1) is 4.92 Å². The maximum Gasteiger partial charge on any atom is 0.348 e. The van der Waals surface area contributed by atoms with Crippen molar-refractivity contribution in [3.05, 3.63) is 49.8 Å². The molecule has 1 heterocycles. The Morgan fingerprint density at radius 3 is 2.74 bits per heavy atom. The molecule has 0 amide bonds. The number of nitrogens with zero attached hydrogens (tertiary/aromatic N) is 3. The van der Waals surface area contributed by atoms with E-state index in [0.717, 1.165) is 10.0 Å². The third-order valence-corrected chi connectivity index (χ3v) is 3.00. The zero-order valence-corrected chi connectivity index (χ0v) is 12.1. The SMILES string of the molecule is Cc1cc(Br)cc(Nc2ncnc(Cl)c2[N+](=O)[O-])c1. The zero-order chi connectivity index (χ0) is 14.0. The fourth-order valence-corrected chi connectivity index (χ4v) is 2.37. The van der Waals surface area contributed by atoms with Crippen molar-refractivity contribution >= 4 is 44.7 Å². The summed E-state index contributed by atoms with van der Waals surface area (Å²) >= 11 is 9.07. The molecule has 6 nitrogen and oxygen atoms in total. The van der Waals surface area contributed by atoms with Crippen molar-refractivity contribution in [1.82, 2.24) is 9.97 Å². The lowest BCUT2D eigenvalue weighted by molar-refractivity contribution is -0.384. The van der Waals surface area contributed by atoms with Gasteiger partial charge < -0.3 is 5.32 Å². The molecule has 0 bridgehead atoms. The molecule has 0 fully saturated rings. The summed E-state index contributed by atoms with van der Waals surface area (Å²) in [5, 5.41) is 13.6. The molecule has 8 heteroatoms. The van der Waals surface area contributed by atoms with Crippen LogP contribution in [0.25, 0.3) is 0 Å². The van der Waals surface area contributed by atoms with Crippen LogP contribution in [0.1, 0.15) is 5.56 Å². The monoisotopic (exact) mass is 342 g/mol. The van der Waals surface area contributed by atoms with Gasteiger partial charge >= 0.3 is 5.69 Å². The average Bonchev–Trinajstić information content (AvgIpc) is 2.26. The molecule has 0 spiro atoms. The first-order chi connectivity index (χ1) is 8.97. The first-order valence-electron chi connectivity index (χ1n) is 5.16. The summed E-state index contributed by atoms with van der Waals surface area (Å²) in [5.41, 5.74) is 1.33. The lowest BCUT2D eigenvalue weighted by atomic mass is 10.2. The molecule has 0 unspecified atom stereocenters. The highest BCUT2D eigenvalue weighted by Crippen LogP contribution is 2.31. The number of anilines is 2. The van der Waals surface area contributed by atoms with E-state index < -0.39 is 4.92 Å². The van der Waals surface area contributed by atoms with Crippen LogP contribution in [0.2, 0.25) is 5.15 Å². The van der Waals surface area contributed by atoms with Crippen molar-refractivity contribution in [3.63, 3.8) is 0 Å². The molecule has 0 saturated carbocycles. The second-order valence-electron chi connectivity index (χ2n) is 3.76. The highest BCUT2D eigenvalue weighted by molar-refractivity contribution is 9.10. The Bertz CT molecular complexity index is 630.